The molecule has 0 aliphatic rings. The van der Waals surface area contributed by atoms with E-state index in [0.29, 0.717) is 5.56 Å². The van der Waals surface area contributed by atoms with Crippen molar-refractivity contribution in [2.75, 3.05) is 0 Å². The first-order valence-corrected chi connectivity index (χ1v) is 6.44. The highest BCUT2D eigenvalue weighted by Crippen LogP contribution is 2.14. The summed E-state index contributed by atoms with van der Waals surface area (Å²) in [6.07, 6.45) is 0. The number of hydrogen-bond donors (Lipinski definition) is 0. The standard InChI is InChI=1S/C13H8IN3O/c14-10-5-3-4-9(8-10)13(18)17-12-7-2-1-6-11(12)15-16-17/h1-8H. The van der Waals surface area contributed by atoms with E-state index in [1.165, 1.54) is 4.68 Å². The van der Waals surface area contributed by atoms with Crippen molar-refractivity contribution in [3.63, 3.8) is 0 Å². The lowest BCUT2D eigenvalue weighted by Gasteiger charge is -2.01. The van der Waals surface area contributed by atoms with Crippen molar-refractivity contribution in [3.8, 4) is 0 Å². The summed E-state index contributed by atoms with van der Waals surface area (Å²) >= 11 is 2.18. The molecule has 3 aromatic rings. The maximum atomic E-state index is 12.3. The highest BCUT2D eigenvalue weighted by Gasteiger charge is 2.13. The largest absolute Gasteiger partial charge is 0.280 e. The van der Waals surface area contributed by atoms with E-state index < -0.39 is 0 Å². The summed E-state index contributed by atoms with van der Waals surface area (Å²) in [6, 6.07) is 14.8. The van der Waals surface area contributed by atoms with Crippen molar-refractivity contribution in [1.82, 2.24) is 15.0 Å². The van der Waals surface area contributed by atoms with E-state index in [1.54, 1.807) is 6.07 Å². The lowest BCUT2D eigenvalue weighted by Crippen LogP contribution is -2.13. The van der Waals surface area contributed by atoms with Gasteiger partial charge in [0.15, 0.2) is 0 Å². The Morgan fingerprint density at radius 1 is 1.11 bits per heavy atom. The van der Waals surface area contributed by atoms with Crippen LogP contribution in [0.15, 0.2) is 48.5 Å². The topological polar surface area (TPSA) is 47.8 Å². The Labute approximate surface area is 117 Å². The fourth-order valence-corrected chi connectivity index (χ4v) is 2.31. The molecular weight excluding hydrogens is 341 g/mol. The van der Waals surface area contributed by atoms with Gasteiger partial charge >= 0.3 is 0 Å². The van der Waals surface area contributed by atoms with Crippen molar-refractivity contribution in [2.45, 2.75) is 0 Å². The molecule has 0 aliphatic carbocycles. The summed E-state index contributed by atoms with van der Waals surface area (Å²) in [7, 11) is 0. The molecule has 0 unspecified atom stereocenters. The molecule has 4 nitrogen and oxygen atoms in total. The molecule has 0 fully saturated rings. The molecular formula is C13H8IN3O. The first-order valence-electron chi connectivity index (χ1n) is 5.36. The van der Waals surface area contributed by atoms with E-state index >= 15 is 0 Å². The fraction of sp³-hybridized carbons (Fsp3) is 0. The first-order chi connectivity index (χ1) is 8.75. The average Bonchev–Trinajstić information content (AvgIpc) is 2.82. The molecule has 3 rings (SSSR count). The minimum Gasteiger partial charge on any atom is -0.267 e. The van der Waals surface area contributed by atoms with Crippen LogP contribution in [0.25, 0.3) is 11.0 Å². The zero-order valence-corrected chi connectivity index (χ0v) is 11.4. The predicted molar refractivity (Wildman–Crippen MR) is 76.4 cm³/mol. The van der Waals surface area contributed by atoms with Gasteiger partial charge in [0.2, 0.25) is 0 Å². The van der Waals surface area contributed by atoms with Crippen LogP contribution in [0.3, 0.4) is 0 Å². The summed E-state index contributed by atoms with van der Waals surface area (Å²) < 4.78 is 2.35. The normalized spacial score (nSPS) is 10.7. The van der Waals surface area contributed by atoms with Gasteiger partial charge in [-0.2, -0.15) is 4.68 Å². The molecule has 1 heterocycles. The van der Waals surface area contributed by atoms with E-state index in [9.17, 15) is 4.79 Å². The summed E-state index contributed by atoms with van der Waals surface area (Å²) in [5, 5.41) is 7.89. The van der Waals surface area contributed by atoms with Crippen LogP contribution in [0.4, 0.5) is 0 Å². The molecule has 0 spiro atoms. The third-order valence-corrected chi connectivity index (χ3v) is 3.29. The Balaban J connectivity index is 2.12. The van der Waals surface area contributed by atoms with Gasteiger partial charge in [-0.25, -0.2) is 0 Å². The molecule has 0 saturated carbocycles. The van der Waals surface area contributed by atoms with Gasteiger partial charge in [0.05, 0.1) is 5.52 Å². The second kappa shape index (κ2) is 4.49. The van der Waals surface area contributed by atoms with Crippen LogP contribution in [-0.2, 0) is 0 Å². The number of carbonyl (C=O) groups excluding carboxylic acids is 1. The van der Waals surface area contributed by atoms with Crippen molar-refractivity contribution >= 4 is 39.5 Å². The van der Waals surface area contributed by atoms with Gasteiger partial charge in [0.1, 0.15) is 5.52 Å². The first kappa shape index (κ1) is 11.3. The lowest BCUT2D eigenvalue weighted by molar-refractivity contribution is 0.0948. The molecule has 0 radical (unpaired) electrons. The Morgan fingerprint density at radius 2 is 1.94 bits per heavy atom. The van der Waals surface area contributed by atoms with Crippen molar-refractivity contribution in [1.29, 1.82) is 0 Å². The lowest BCUT2D eigenvalue weighted by atomic mass is 10.2. The zero-order valence-electron chi connectivity index (χ0n) is 9.25. The fourth-order valence-electron chi connectivity index (χ4n) is 1.76. The molecule has 0 bridgehead atoms. The summed E-state index contributed by atoms with van der Waals surface area (Å²) in [6.45, 7) is 0. The Hall–Kier alpha value is -1.76. The predicted octanol–water partition coefficient (Wildman–Crippen LogP) is 2.72. The molecule has 0 aliphatic heterocycles. The Morgan fingerprint density at radius 3 is 2.78 bits per heavy atom. The van der Waals surface area contributed by atoms with Crippen molar-refractivity contribution in [3.05, 3.63) is 57.7 Å². The van der Waals surface area contributed by atoms with Gasteiger partial charge in [-0.05, 0) is 52.9 Å². The maximum absolute atomic E-state index is 12.3. The van der Waals surface area contributed by atoms with Crippen LogP contribution in [0.5, 0.6) is 0 Å². The average molecular weight is 349 g/mol. The third-order valence-electron chi connectivity index (χ3n) is 2.62. The SMILES string of the molecule is O=C(c1cccc(I)c1)n1nnc2ccccc21. The summed E-state index contributed by atoms with van der Waals surface area (Å²) in [5.74, 6) is -0.165. The number of fused-ring (bicyclic) bond motifs is 1. The van der Waals surface area contributed by atoms with Gasteiger partial charge < -0.3 is 0 Å². The summed E-state index contributed by atoms with van der Waals surface area (Å²) in [4.78, 5) is 12.3. The number of halogens is 1. The Kier molecular flexibility index (Phi) is 2.83. The number of nitrogens with zero attached hydrogens (tertiary/aromatic N) is 3. The number of benzene rings is 2. The van der Waals surface area contributed by atoms with Gasteiger partial charge in [0, 0.05) is 9.13 Å². The quantitative estimate of drug-likeness (QED) is 0.635. The van der Waals surface area contributed by atoms with E-state index in [0.717, 1.165) is 14.6 Å². The van der Waals surface area contributed by atoms with Crippen LogP contribution in [0, 0.1) is 3.57 Å². The van der Waals surface area contributed by atoms with Crippen LogP contribution >= 0.6 is 22.6 Å². The number of carbonyl (C=O) groups is 1. The molecule has 88 valence electrons. The summed E-state index contributed by atoms with van der Waals surface area (Å²) in [5.41, 5.74) is 2.05. The number of aromatic nitrogens is 3. The number of para-hydroxylation sites is 1. The van der Waals surface area contributed by atoms with Crippen LogP contribution in [0.1, 0.15) is 10.4 Å². The molecule has 0 atom stereocenters. The van der Waals surface area contributed by atoms with Crippen LogP contribution < -0.4 is 0 Å². The minimum absolute atomic E-state index is 0.165. The minimum atomic E-state index is -0.165. The smallest absolute Gasteiger partial charge is 0.267 e. The van der Waals surface area contributed by atoms with E-state index in [4.69, 9.17) is 0 Å². The third kappa shape index (κ3) is 1.90. The van der Waals surface area contributed by atoms with Gasteiger partial charge in [-0.1, -0.05) is 23.4 Å². The monoisotopic (exact) mass is 349 g/mol. The van der Waals surface area contributed by atoms with E-state index in [2.05, 4.69) is 32.9 Å². The van der Waals surface area contributed by atoms with Crippen molar-refractivity contribution < 1.29 is 4.79 Å². The highest BCUT2D eigenvalue weighted by molar-refractivity contribution is 14.1. The molecule has 5 heteroatoms. The van der Waals surface area contributed by atoms with E-state index in [1.807, 2.05) is 42.5 Å². The second-order valence-electron chi connectivity index (χ2n) is 3.81. The molecule has 0 saturated heterocycles. The zero-order chi connectivity index (χ0) is 12.5. The van der Waals surface area contributed by atoms with Crippen molar-refractivity contribution in [2.24, 2.45) is 0 Å². The van der Waals surface area contributed by atoms with Gasteiger partial charge in [0.25, 0.3) is 5.91 Å². The molecule has 2 aromatic carbocycles. The molecule has 0 N–H and O–H groups in total. The highest BCUT2D eigenvalue weighted by atomic mass is 127. The van der Waals surface area contributed by atoms with Crippen LogP contribution in [-0.4, -0.2) is 20.9 Å². The van der Waals surface area contributed by atoms with Gasteiger partial charge in [-0.3, -0.25) is 4.79 Å². The molecule has 18 heavy (non-hydrogen) atoms. The maximum Gasteiger partial charge on any atom is 0.280 e. The van der Waals surface area contributed by atoms with Crippen LogP contribution in [0.2, 0.25) is 0 Å². The van der Waals surface area contributed by atoms with E-state index in [-0.39, 0.29) is 5.91 Å². The molecule has 1 aromatic heterocycles. The number of rotatable bonds is 1. The Bertz CT molecular complexity index is 736. The van der Waals surface area contributed by atoms with Gasteiger partial charge in [-0.15, -0.1) is 5.10 Å². The number of hydrogen-bond acceptors (Lipinski definition) is 3. The molecule has 0 amide bonds. The second-order valence-corrected chi connectivity index (χ2v) is 5.05.